The van der Waals surface area contributed by atoms with Crippen molar-refractivity contribution < 1.29 is 10.2 Å². The van der Waals surface area contributed by atoms with Gasteiger partial charge in [0.05, 0.1) is 12.1 Å². The first-order valence-electron chi connectivity index (χ1n) is 14.1. The van der Waals surface area contributed by atoms with E-state index in [1.165, 1.54) is 11.1 Å². The van der Waals surface area contributed by atoms with Gasteiger partial charge in [0.2, 0.25) is 0 Å². The van der Waals surface area contributed by atoms with E-state index < -0.39 is 0 Å². The highest BCUT2D eigenvalue weighted by Gasteiger charge is 2.20. The van der Waals surface area contributed by atoms with Gasteiger partial charge < -0.3 is 10.2 Å². The van der Waals surface area contributed by atoms with Gasteiger partial charge in [0.1, 0.15) is 11.5 Å². The Morgan fingerprint density at radius 3 is 1.36 bits per heavy atom. The standard InChI is InChI=1S/C32H46N2O2/c1-7-21(5)25-15-23(9-3)31(35)27(17-25)19-33-29-11-13-30(14-12-29)34-20-28-18-26(22(6)8-2)16-24(10-4)32(28)36/h15-22,29-30,35-36H,7-14H2,1-6H3. The minimum absolute atomic E-state index is 0.266. The van der Waals surface area contributed by atoms with Crippen LogP contribution in [0.3, 0.4) is 0 Å². The summed E-state index contributed by atoms with van der Waals surface area (Å²) in [5, 5.41) is 21.4. The molecule has 4 heteroatoms. The second-order valence-electron chi connectivity index (χ2n) is 10.6. The average Bonchev–Trinajstić information content (AvgIpc) is 2.91. The molecule has 2 N–H and O–H groups in total. The van der Waals surface area contributed by atoms with Crippen molar-refractivity contribution in [2.24, 2.45) is 9.98 Å². The van der Waals surface area contributed by atoms with E-state index in [2.05, 4.69) is 65.8 Å². The number of rotatable bonds is 10. The third-order valence-electron chi connectivity index (χ3n) is 8.12. The average molecular weight is 491 g/mol. The molecule has 0 aliphatic heterocycles. The van der Waals surface area contributed by atoms with Gasteiger partial charge in [0.25, 0.3) is 0 Å². The summed E-state index contributed by atoms with van der Waals surface area (Å²) in [6.45, 7) is 13.0. The maximum absolute atomic E-state index is 10.7. The molecular formula is C32H46N2O2. The Balaban J connectivity index is 1.67. The number of nitrogens with zero attached hydrogens (tertiary/aromatic N) is 2. The molecule has 0 bridgehead atoms. The van der Waals surface area contributed by atoms with Crippen LogP contribution >= 0.6 is 0 Å². The first kappa shape index (κ1) is 28.0. The Hall–Kier alpha value is -2.62. The van der Waals surface area contributed by atoms with E-state index in [1.807, 2.05) is 12.4 Å². The van der Waals surface area contributed by atoms with Crippen molar-refractivity contribution in [1.29, 1.82) is 0 Å². The SMILES string of the molecule is CCc1cc(C(C)CC)cc(C=NC2CCC(N=Cc3cc(C(C)CC)cc(CC)c3O)CC2)c1O. The van der Waals surface area contributed by atoms with Crippen molar-refractivity contribution in [3.8, 4) is 11.5 Å². The predicted octanol–water partition coefficient (Wildman–Crippen LogP) is 8.10. The normalized spacial score (nSPS) is 20.3. The summed E-state index contributed by atoms with van der Waals surface area (Å²) in [5.74, 6) is 1.68. The van der Waals surface area contributed by atoms with E-state index in [0.29, 0.717) is 23.3 Å². The molecule has 0 saturated heterocycles. The van der Waals surface area contributed by atoms with Crippen molar-refractivity contribution >= 4 is 12.4 Å². The fourth-order valence-electron chi connectivity index (χ4n) is 4.99. The van der Waals surface area contributed by atoms with Gasteiger partial charge in [0, 0.05) is 23.6 Å². The quantitative estimate of drug-likeness (QED) is 0.330. The number of hydrogen-bond donors (Lipinski definition) is 2. The smallest absolute Gasteiger partial charge is 0.127 e. The largest absolute Gasteiger partial charge is 0.507 e. The molecule has 1 aliphatic carbocycles. The number of phenols is 2. The Morgan fingerprint density at radius 2 is 1.06 bits per heavy atom. The lowest BCUT2D eigenvalue weighted by molar-refractivity contribution is 0.399. The summed E-state index contributed by atoms with van der Waals surface area (Å²) in [5.41, 5.74) is 6.23. The summed E-state index contributed by atoms with van der Waals surface area (Å²) in [6, 6.07) is 9.02. The van der Waals surface area contributed by atoms with Gasteiger partial charge in [-0.1, -0.05) is 53.7 Å². The van der Waals surface area contributed by atoms with E-state index >= 15 is 0 Å². The molecule has 1 saturated carbocycles. The molecule has 196 valence electrons. The second-order valence-corrected chi connectivity index (χ2v) is 10.6. The third kappa shape index (κ3) is 6.78. The second kappa shape index (κ2) is 13.1. The Morgan fingerprint density at radius 1 is 0.694 bits per heavy atom. The molecule has 0 heterocycles. The molecule has 0 spiro atoms. The van der Waals surface area contributed by atoms with Crippen molar-refractivity contribution in [1.82, 2.24) is 0 Å². The molecule has 1 fully saturated rings. The fraction of sp³-hybridized carbons (Fsp3) is 0.562. The monoisotopic (exact) mass is 490 g/mol. The molecule has 0 amide bonds. The number of hydrogen-bond acceptors (Lipinski definition) is 4. The highest BCUT2D eigenvalue weighted by Crippen LogP contribution is 2.31. The Kier molecular flexibility index (Phi) is 10.2. The van der Waals surface area contributed by atoms with E-state index in [9.17, 15) is 10.2 Å². The summed E-state index contributed by atoms with van der Waals surface area (Å²) in [4.78, 5) is 9.74. The molecule has 2 unspecified atom stereocenters. The Bertz CT molecular complexity index is 979. The first-order valence-corrected chi connectivity index (χ1v) is 14.1. The zero-order chi connectivity index (χ0) is 26.2. The minimum Gasteiger partial charge on any atom is -0.507 e. The number of phenolic OH excluding ortho intramolecular Hbond substituents is 2. The maximum Gasteiger partial charge on any atom is 0.127 e. The lowest BCUT2D eigenvalue weighted by atomic mass is 9.91. The van der Waals surface area contributed by atoms with E-state index in [-0.39, 0.29) is 12.1 Å². The number of benzene rings is 2. The Labute approximate surface area is 218 Å². The van der Waals surface area contributed by atoms with Crippen LogP contribution in [0.15, 0.2) is 34.3 Å². The topological polar surface area (TPSA) is 65.2 Å². The van der Waals surface area contributed by atoms with Gasteiger partial charge in [-0.15, -0.1) is 0 Å². The van der Waals surface area contributed by atoms with E-state index in [0.717, 1.165) is 73.6 Å². The van der Waals surface area contributed by atoms with Gasteiger partial charge in [-0.2, -0.15) is 0 Å². The van der Waals surface area contributed by atoms with Gasteiger partial charge in [-0.25, -0.2) is 0 Å². The maximum atomic E-state index is 10.7. The molecule has 3 rings (SSSR count). The highest BCUT2D eigenvalue weighted by molar-refractivity contribution is 5.85. The fourth-order valence-corrected chi connectivity index (χ4v) is 4.99. The van der Waals surface area contributed by atoms with Crippen LogP contribution in [0, 0.1) is 0 Å². The van der Waals surface area contributed by atoms with Crippen LogP contribution in [0.1, 0.15) is 125 Å². The molecule has 4 nitrogen and oxygen atoms in total. The molecule has 36 heavy (non-hydrogen) atoms. The van der Waals surface area contributed by atoms with Crippen molar-refractivity contribution in [2.75, 3.05) is 0 Å². The van der Waals surface area contributed by atoms with Crippen LogP contribution in [0.4, 0.5) is 0 Å². The molecular weight excluding hydrogens is 444 g/mol. The first-order chi connectivity index (χ1) is 17.3. The zero-order valence-electron chi connectivity index (χ0n) is 23.2. The van der Waals surface area contributed by atoms with Crippen molar-refractivity contribution in [2.45, 2.75) is 117 Å². The van der Waals surface area contributed by atoms with Gasteiger partial charge >= 0.3 is 0 Å². The minimum atomic E-state index is 0.266. The van der Waals surface area contributed by atoms with Crippen molar-refractivity contribution in [3.63, 3.8) is 0 Å². The summed E-state index contributed by atoms with van der Waals surface area (Å²) in [7, 11) is 0. The predicted molar refractivity (Wildman–Crippen MR) is 154 cm³/mol. The highest BCUT2D eigenvalue weighted by atomic mass is 16.3. The van der Waals surface area contributed by atoms with Crippen molar-refractivity contribution in [3.05, 3.63) is 57.6 Å². The van der Waals surface area contributed by atoms with Crippen LogP contribution in [0.25, 0.3) is 0 Å². The lowest BCUT2D eigenvalue weighted by Gasteiger charge is -2.23. The van der Waals surface area contributed by atoms with Crippen LogP contribution in [0.5, 0.6) is 11.5 Å². The third-order valence-corrected chi connectivity index (χ3v) is 8.12. The molecule has 2 atom stereocenters. The van der Waals surface area contributed by atoms with Crippen LogP contribution in [-0.4, -0.2) is 34.7 Å². The van der Waals surface area contributed by atoms with E-state index in [4.69, 9.17) is 9.98 Å². The van der Waals surface area contributed by atoms with Gasteiger partial charge in [-0.05, 0) is 97.6 Å². The van der Waals surface area contributed by atoms with Crippen LogP contribution in [-0.2, 0) is 12.8 Å². The molecule has 2 aromatic carbocycles. The zero-order valence-corrected chi connectivity index (χ0v) is 23.2. The molecule has 0 aromatic heterocycles. The van der Waals surface area contributed by atoms with Crippen LogP contribution < -0.4 is 0 Å². The summed E-state index contributed by atoms with van der Waals surface area (Å²) < 4.78 is 0. The molecule has 1 aliphatic rings. The molecule has 0 radical (unpaired) electrons. The van der Waals surface area contributed by atoms with Gasteiger partial charge in [0.15, 0.2) is 0 Å². The number of aryl methyl sites for hydroxylation is 2. The molecule has 2 aromatic rings. The summed E-state index contributed by atoms with van der Waals surface area (Å²) in [6.07, 6.45) is 11.5. The van der Waals surface area contributed by atoms with Crippen LogP contribution in [0.2, 0.25) is 0 Å². The summed E-state index contributed by atoms with van der Waals surface area (Å²) >= 11 is 0. The number of aliphatic imine (C=N–C) groups is 2. The number of aromatic hydroxyl groups is 2. The van der Waals surface area contributed by atoms with E-state index in [1.54, 1.807) is 0 Å². The lowest BCUT2D eigenvalue weighted by Crippen LogP contribution is -2.20. The van der Waals surface area contributed by atoms with Gasteiger partial charge in [-0.3, -0.25) is 9.98 Å².